The van der Waals surface area contributed by atoms with E-state index in [0.29, 0.717) is 6.04 Å². The Morgan fingerprint density at radius 1 is 1.43 bits per heavy atom. The molecule has 3 heteroatoms. The summed E-state index contributed by atoms with van der Waals surface area (Å²) in [6.07, 6.45) is 0. The number of hydrogen-bond donors (Lipinski definition) is 0. The summed E-state index contributed by atoms with van der Waals surface area (Å²) < 4.78 is 0. The van der Waals surface area contributed by atoms with Gasteiger partial charge in [-0.15, -0.1) is 0 Å². The van der Waals surface area contributed by atoms with E-state index >= 15 is 0 Å². The van der Waals surface area contributed by atoms with Crippen LogP contribution in [0.3, 0.4) is 0 Å². The molecule has 0 bridgehead atoms. The molecule has 0 aliphatic heterocycles. The summed E-state index contributed by atoms with van der Waals surface area (Å²) in [6, 6.07) is 6.49. The van der Waals surface area contributed by atoms with Gasteiger partial charge in [0.25, 0.3) is 0 Å². The summed E-state index contributed by atoms with van der Waals surface area (Å²) in [5.41, 5.74) is 2.36. The quantitative estimate of drug-likeness (QED) is 0.752. The molecule has 1 aromatic carbocycles. The zero-order chi connectivity index (χ0) is 10.7. The van der Waals surface area contributed by atoms with Crippen LogP contribution in [0.25, 0.3) is 0 Å². The lowest BCUT2D eigenvalue weighted by atomic mass is 10.1. The highest BCUT2D eigenvalue weighted by Crippen LogP contribution is 2.29. The van der Waals surface area contributed by atoms with E-state index in [9.17, 15) is 0 Å². The molecule has 1 aromatic rings. The van der Waals surface area contributed by atoms with Gasteiger partial charge in [-0.1, -0.05) is 33.6 Å². The van der Waals surface area contributed by atoms with Crippen LogP contribution < -0.4 is 4.90 Å². The lowest BCUT2D eigenvalue weighted by Crippen LogP contribution is -2.26. The smallest absolute Gasteiger partial charge is 0.0467 e. The minimum atomic E-state index is 0.478. The number of rotatable bonds is 3. The normalized spacial score (nSPS) is 10.7. The average Bonchev–Trinajstić information content (AvgIpc) is 2.16. The van der Waals surface area contributed by atoms with Crippen molar-refractivity contribution in [3.8, 4) is 0 Å². The van der Waals surface area contributed by atoms with E-state index in [2.05, 4.69) is 47.8 Å². The molecule has 0 unspecified atom stereocenters. The molecule has 1 nitrogen and oxygen atoms in total. The van der Waals surface area contributed by atoms with Crippen LogP contribution in [0.5, 0.6) is 0 Å². The molecule has 0 aliphatic carbocycles. The average molecular weight is 277 g/mol. The summed E-state index contributed by atoms with van der Waals surface area (Å²) in [5.74, 6) is 0. The first-order valence-corrected chi connectivity index (χ1v) is 6.14. The van der Waals surface area contributed by atoms with Gasteiger partial charge in [-0.3, -0.25) is 0 Å². The lowest BCUT2D eigenvalue weighted by Gasteiger charge is -2.26. The molecule has 0 radical (unpaired) electrons. The van der Waals surface area contributed by atoms with E-state index in [4.69, 9.17) is 11.6 Å². The van der Waals surface area contributed by atoms with Crippen molar-refractivity contribution in [2.24, 2.45) is 0 Å². The Morgan fingerprint density at radius 2 is 2.07 bits per heavy atom. The maximum Gasteiger partial charge on any atom is 0.0467 e. The monoisotopic (exact) mass is 275 g/mol. The van der Waals surface area contributed by atoms with Gasteiger partial charge in [0.1, 0.15) is 0 Å². The minimum Gasteiger partial charge on any atom is -0.372 e. The molecule has 0 saturated heterocycles. The highest BCUT2D eigenvalue weighted by atomic mass is 79.9. The first-order chi connectivity index (χ1) is 6.57. The van der Waals surface area contributed by atoms with Gasteiger partial charge in [0.05, 0.1) is 0 Å². The molecule has 0 atom stereocenters. The third kappa shape index (κ3) is 2.43. The number of alkyl halides is 1. The highest BCUT2D eigenvalue weighted by Gasteiger charge is 2.11. The molecule has 0 aliphatic rings. The molecule has 0 heterocycles. The van der Waals surface area contributed by atoms with Crippen LogP contribution in [0.15, 0.2) is 18.2 Å². The van der Waals surface area contributed by atoms with Crippen LogP contribution in [0, 0.1) is 0 Å². The fraction of sp³-hybridized carbons (Fsp3) is 0.455. The molecule has 0 fully saturated rings. The van der Waals surface area contributed by atoms with Gasteiger partial charge in [0, 0.05) is 34.7 Å². The van der Waals surface area contributed by atoms with Crippen molar-refractivity contribution in [1.82, 2.24) is 0 Å². The summed E-state index contributed by atoms with van der Waals surface area (Å²) >= 11 is 9.59. The second-order valence-electron chi connectivity index (χ2n) is 3.58. The van der Waals surface area contributed by atoms with Crippen LogP contribution >= 0.6 is 27.5 Å². The Kier molecular flexibility index (Phi) is 4.27. The number of anilines is 1. The van der Waals surface area contributed by atoms with Gasteiger partial charge < -0.3 is 4.90 Å². The Morgan fingerprint density at radius 3 is 2.57 bits per heavy atom. The molecule has 1 rings (SSSR count). The number of hydrogen-bond acceptors (Lipinski definition) is 1. The molecule has 0 amide bonds. The summed E-state index contributed by atoms with van der Waals surface area (Å²) in [4.78, 5) is 2.22. The van der Waals surface area contributed by atoms with E-state index < -0.39 is 0 Å². The van der Waals surface area contributed by atoms with E-state index in [0.717, 1.165) is 15.9 Å². The summed E-state index contributed by atoms with van der Waals surface area (Å²) in [7, 11) is 2.09. The second-order valence-corrected chi connectivity index (χ2v) is 4.54. The summed E-state index contributed by atoms with van der Waals surface area (Å²) in [6.45, 7) is 4.33. The minimum absolute atomic E-state index is 0.478. The van der Waals surface area contributed by atoms with Crippen LogP contribution in [0.1, 0.15) is 19.4 Å². The van der Waals surface area contributed by atoms with E-state index in [1.54, 1.807) is 0 Å². The zero-order valence-electron chi connectivity index (χ0n) is 8.72. The van der Waals surface area contributed by atoms with Gasteiger partial charge in [0.2, 0.25) is 0 Å². The van der Waals surface area contributed by atoms with Crippen molar-refractivity contribution in [2.45, 2.75) is 25.2 Å². The molecule has 14 heavy (non-hydrogen) atoms. The molecular formula is C11H15BrClN. The Balaban J connectivity index is 3.13. The van der Waals surface area contributed by atoms with Crippen molar-refractivity contribution in [1.29, 1.82) is 0 Å². The van der Waals surface area contributed by atoms with Gasteiger partial charge in [-0.2, -0.15) is 0 Å². The topological polar surface area (TPSA) is 3.24 Å². The fourth-order valence-corrected chi connectivity index (χ4v) is 2.28. The van der Waals surface area contributed by atoms with Crippen LogP contribution in [0.4, 0.5) is 5.69 Å². The van der Waals surface area contributed by atoms with Crippen molar-refractivity contribution in [3.05, 3.63) is 28.8 Å². The standard InChI is InChI=1S/C11H15BrClN/c1-8(2)14(3)11-6-4-5-10(13)9(11)7-12/h4-6,8H,7H2,1-3H3. The van der Waals surface area contributed by atoms with E-state index in [1.165, 1.54) is 5.69 Å². The fourth-order valence-electron chi connectivity index (χ4n) is 1.29. The Bertz CT molecular complexity index is 312. The number of halogens is 2. The van der Waals surface area contributed by atoms with Gasteiger partial charge in [0.15, 0.2) is 0 Å². The van der Waals surface area contributed by atoms with E-state index in [1.807, 2.05) is 12.1 Å². The van der Waals surface area contributed by atoms with Crippen molar-refractivity contribution in [3.63, 3.8) is 0 Å². The lowest BCUT2D eigenvalue weighted by molar-refractivity contribution is 0.752. The van der Waals surface area contributed by atoms with Gasteiger partial charge in [-0.25, -0.2) is 0 Å². The van der Waals surface area contributed by atoms with Crippen LogP contribution in [-0.4, -0.2) is 13.1 Å². The largest absolute Gasteiger partial charge is 0.372 e. The number of nitrogens with zero attached hydrogens (tertiary/aromatic N) is 1. The third-order valence-electron chi connectivity index (χ3n) is 2.38. The van der Waals surface area contributed by atoms with Crippen molar-refractivity contribution >= 4 is 33.2 Å². The molecule has 0 saturated carbocycles. The first-order valence-electron chi connectivity index (χ1n) is 4.64. The maximum absolute atomic E-state index is 6.12. The van der Waals surface area contributed by atoms with Crippen LogP contribution in [-0.2, 0) is 5.33 Å². The van der Waals surface area contributed by atoms with Gasteiger partial charge >= 0.3 is 0 Å². The highest BCUT2D eigenvalue weighted by molar-refractivity contribution is 9.08. The maximum atomic E-state index is 6.12. The Hall–Kier alpha value is -0.210. The molecule has 0 N–H and O–H groups in total. The van der Waals surface area contributed by atoms with Gasteiger partial charge in [-0.05, 0) is 26.0 Å². The molecule has 0 spiro atoms. The Labute approximate surface area is 99.2 Å². The van der Waals surface area contributed by atoms with E-state index in [-0.39, 0.29) is 0 Å². The predicted octanol–water partition coefficient (Wildman–Crippen LogP) is 4.08. The van der Waals surface area contributed by atoms with Crippen molar-refractivity contribution in [2.75, 3.05) is 11.9 Å². The van der Waals surface area contributed by atoms with Crippen LogP contribution in [0.2, 0.25) is 5.02 Å². The molecule has 78 valence electrons. The summed E-state index contributed by atoms with van der Waals surface area (Å²) in [5, 5.41) is 1.62. The number of benzene rings is 1. The first kappa shape index (κ1) is 11.9. The second kappa shape index (κ2) is 5.04. The SMILES string of the molecule is CC(C)N(C)c1cccc(Cl)c1CBr. The predicted molar refractivity (Wildman–Crippen MR) is 67.6 cm³/mol. The molecular weight excluding hydrogens is 261 g/mol. The third-order valence-corrected chi connectivity index (χ3v) is 3.30. The molecule has 0 aromatic heterocycles. The van der Waals surface area contributed by atoms with Crippen molar-refractivity contribution < 1.29 is 0 Å². The zero-order valence-corrected chi connectivity index (χ0v) is 11.1.